The summed E-state index contributed by atoms with van der Waals surface area (Å²) >= 11 is 0. The number of carbonyl (C=O) groups is 2. The van der Waals surface area contributed by atoms with E-state index < -0.39 is 11.5 Å². The third-order valence-electron chi connectivity index (χ3n) is 2.94. The fourth-order valence-electron chi connectivity index (χ4n) is 1.49. The second-order valence-corrected chi connectivity index (χ2v) is 5.89. The molecule has 0 saturated carbocycles. The number of hydrogen-bond acceptors (Lipinski definition) is 4. The zero-order chi connectivity index (χ0) is 16.2. The van der Waals surface area contributed by atoms with E-state index in [-0.39, 0.29) is 11.8 Å². The molecule has 1 aromatic carbocycles. The van der Waals surface area contributed by atoms with Crippen LogP contribution in [0.25, 0.3) is 0 Å². The minimum absolute atomic E-state index is 0.191. The van der Waals surface area contributed by atoms with Gasteiger partial charge in [0.2, 0.25) is 11.8 Å². The monoisotopic (exact) mass is 293 g/mol. The van der Waals surface area contributed by atoms with E-state index in [1.807, 2.05) is 0 Å². The van der Waals surface area contributed by atoms with Crippen molar-refractivity contribution in [1.82, 2.24) is 5.32 Å². The maximum Gasteiger partial charge on any atom is 0.246 e. The number of anilines is 2. The molecule has 116 valence electrons. The van der Waals surface area contributed by atoms with Gasteiger partial charge in [-0.2, -0.15) is 0 Å². The van der Waals surface area contributed by atoms with Gasteiger partial charge >= 0.3 is 0 Å². The van der Waals surface area contributed by atoms with Gasteiger partial charge in [-0.05, 0) is 19.1 Å². The summed E-state index contributed by atoms with van der Waals surface area (Å²) in [6.45, 7) is 6.97. The molecule has 6 heteroatoms. The minimum Gasteiger partial charge on any atom is -0.497 e. The maximum atomic E-state index is 12.1. The van der Waals surface area contributed by atoms with Crippen molar-refractivity contribution in [3.05, 3.63) is 18.2 Å². The molecule has 0 fully saturated rings. The summed E-state index contributed by atoms with van der Waals surface area (Å²) in [4.78, 5) is 24.0. The SMILES string of the molecule is COc1ccc(N)c(NC(=O)C(C)NC(=O)C(C)(C)C)c1. The van der Waals surface area contributed by atoms with Gasteiger partial charge in [0.15, 0.2) is 0 Å². The molecule has 0 aliphatic rings. The van der Waals surface area contributed by atoms with Gasteiger partial charge in [-0.15, -0.1) is 0 Å². The predicted molar refractivity (Wildman–Crippen MR) is 83.1 cm³/mol. The van der Waals surface area contributed by atoms with E-state index in [0.717, 1.165) is 0 Å². The number of nitrogens with two attached hydrogens (primary N) is 1. The van der Waals surface area contributed by atoms with Crippen molar-refractivity contribution < 1.29 is 14.3 Å². The highest BCUT2D eigenvalue weighted by Crippen LogP contribution is 2.24. The second kappa shape index (κ2) is 6.47. The number of nitrogen functional groups attached to an aromatic ring is 1. The predicted octanol–water partition coefficient (Wildman–Crippen LogP) is 1.77. The summed E-state index contributed by atoms with van der Waals surface area (Å²) < 4.78 is 5.08. The van der Waals surface area contributed by atoms with Crippen molar-refractivity contribution in [2.24, 2.45) is 5.41 Å². The number of rotatable bonds is 4. The van der Waals surface area contributed by atoms with Crippen LogP contribution in [0.2, 0.25) is 0 Å². The van der Waals surface area contributed by atoms with Crippen molar-refractivity contribution in [2.45, 2.75) is 33.7 Å². The summed E-state index contributed by atoms with van der Waals surface area (Å²) in [7, 11) is 1.53. The second-order valence-electron chi connectivity index (χ2n) is 5.89. The van der Waals surface area contributed by atoms with Gasteiger partial charge in [-0.25, -0.2) is 0 Å². The molecule has 6 nitrogen and oxygen atoms in total. The van der Waals surface area contributed by atoms with Crippen LogP contribution in [0.15, 0.2) is 18.2 Å². The van der Waals surface area contributed by atoms with Crippen molar-refractivity contribution in [1.29, 1.82) is 0 Å². The van der Waals surface area contributed by atoms with Gasteiger partial charge in [-0.3, -0.25) is 9.59 Å². The van der Waals surface area contributed by atoms with Crippen LogP contribution in [0.4, 0.5) is 11.4 Å². The Hall–Kier alpha value is -2.24. The van der Waals surface area contributed by atoms with E-state index in [1.165, 1.54) is 7.11 Å². The van der Waals surface area contributed by atoms with E-state index in [9.17, 15) is 9.59 Å². The molecule has 0 aliphatic heterocycles. The highest BCUT2D eigenvalue weighted by Gasteiger charge is 2.25. The standard InChI is InChI=1S/C15H23N3O3/c1-9(17-14(20)15(2,3)4)13(19)18-12-8-10(21-5)6-7-11(12)16/h6-9H,16H2,1-5H3,(H,17,20)(H,18,19). The third-order valence-corrected chi connectivity index (χ3v) is 2.94. The van der Waals surface area contributed by atoms with Crippen LogP contribution >= 0.6 is 0 Å². The molecule has 1 rings (SSSR count). The Kier molecular flexibility index (Phi) is 5.18. The number of benzene rings is 1. The Balaban J connectivity index is 2.75. The molecule has 0 aromatic heterocycles. The Morgan fingerprint density at radius 1 is 1.29 bits per heavy atom. The fraction of sp³-hybridized carbons (Fsp3) is 0.467. The quantitative estimate of drug-likeness (QED) is 0.737. The zero-order valence-electron chi connectivity index (χ0n) is 13.1. The average Bonchev–Trinajstić information content (AvgIpc) is 2.39. The van der Waals surface area contributed by atoms with Crippen LogP contribution < -0.4 is 21.1 Å². The summed E-state index contributed by atoms with van der Waals surface area (Å²) in [5, 5.41) is 5.35. The molecule has 1 unspecified atom stereocenters. The van der Waals surface area contributed by atoms with Crippen LogP contribution in [0.3, 0.4) is 0 Å². The Bertz CT molecular complexity index is 535. The van der Waals surface area contributed by atoms with Gasteiger partial charge in [0.25, 0.3) is 0 Å². The van der Waals surface area contributed by atoms with Gasteiger partial charge in [0, 0.05) is 11.5 Å². The summed E-state index contributed by atoms with van der Waals surface area (Å²) in [5.74, 6) is 0.0576. The van der Waals surface area contributed by atoms with Crippen LogP contribution in [-0.2, 0) is 9.59 Å². The number of ether oxygens (including phenoxy) is 1. The summed E-state index contributed by atoms with van der Waals surface area (Å²) in [5.41, 5.74) is 6.14. The van der Waals surface area contributed by atoms with Crippen molar-refractivity contribution in [3.63, 3.8) is 0 Å². The number of nitrogens with one attached hydrogen (secondary N) is 2. The molecule has 0 bridgehead atoms. The summed E-state index contributed by atoms with van der Waals surface area (Å²) in [6, 6.07) is 4.32. The lowest BCUT2D eigenvalue weighted by atomic mass is 9.95. The molecule has 21 heavy (non-hydrogen) atoms. The fourth-order valence-corrected chi connectivity index (χ4v) is 1.49. The van der Waals surface area contributed by atoms with Crippen LogP contribution in [0.5, 0.6) is 5.75 Å². The highest BCUT2D eigenvalue weighted by molar-refractivity contribution is 5.99. The van der Waals surface area contributed by atoms with Crippen molar-refractivity contribution in [2.75, 3.05) is 18.2 Å². The molecule has 1 atom stereocenters. The Morgan fingerprint density at radius 3 is 2.43 bits per heavy atom. The number of amides is 2. The lowest BCUT2D eigenvalue weighted by molar-refractivity contribution is -0.131. The van der Waals surface area contributed by atoms with E-state index in [1.54, 1.807) is 45.9 Å². The van der Waals surface area contributed by atoms with Gasteiger partial charge < -0.3 is 21.1 Å². The van der Waals surface area contributed by atoms with E-state index >= 15 is 0 Å². The molecule has 0 heterocycles. The van der Waals surface area contributed by atoms with Gasteiger partial charge in [0.05, 0.1) is 18.5 Å². The summed E-state index contributed by atoms with van der Waals surface area (Å²) in [6.07, 6.45) is 0. The van der Waals surface area contributed by atoms with E-state index in [0.29, 0.717) is 17.1 Å². The molecular formula is C15H23N3O3. The third kappa shape index (κ3) is 4.66. The Morgan fingerprint density at radius 2 is 1.90 bits per heavy atom. The van der Waals surface area contributed by atoms with Gasteiger partial charge in [-0.1, -0.05) is 20.8 Å². The molecule has 0 aliphatic carbocycles. The minimum atomic E-state index is -0.665. The highest BCUT2D eigenvalue weighted by atomic mass is 16.5. The molecule has 0 spiro atoms. The van der Waals surface area contributed by atoms with E-state index in [4.69, 9.17) is 10.5 Å². The van der Waals surface area contributed by atoms with Crippen molar-refractivity contribution in [3.8, 4) is 5.75 Å². The lowest BCUT2D eigenvalue weighted by Crippen LogP contribution is -2.46. The molecular weight excluding hydrogens is 270 g/mol. The molecule has 2 amide bonds. The molecule has 0 radical (unpaired) electrons. The van der Waals surface area contributed by atoms with Crippen LogP contribution in [0.1, 0.15) is 27.7 Å². The zero-order valence-corrected chi connectivity index (χ0v) is 13.1. The van der Waals surface area contributed by atoms with Crippen molar-refractivity contribution >= 4 is 23.2 Å². The topological polar surface area (TPSA) is 93.4 Å². The average molecular weight is 293 g/mol. The largest absolute Gasteiger partial charge is 0.497 e. The van der Waals surface area contributed by atoms with Gasteiger partial charge in [0.1, 0.15) is 11.8 Å². The first-order chi connectivity index (χ1) is 9.65. The lowest BCUT2D eigenvalue weighted by Gasteiger charge is -2.21. The number of methoxy groups -OCH3 is 1. The smallest absolute Gasteiger partial charge is 0.246 e. The number of carbonyl (C=O) groups excluding carboxylic acids is 2. The van der Waals surface area contributed by atoms with Crippen LogP contribution in [-0.4, -0.2) is 25.0 Å². The molecule has 0 saturated heterocycles. The first kappa shape index (κ1) is 16.8. The normalized spacial score (nSPS) is 12.4. The maximum absolute atomic E-state index is 12.1. The van der Waals surface area contributed by atoms with Crippen LogP contribution in [0, 0.1) is 5.41 Å². The molecule has 4 N–H and O–H groups in total. The first-order valence-electron chi connectivity index (χ1n) is 6.70. The van der Waals surface area contributed by atoms with E-state index in [2.05, 4.69) is 10.6 Å². The molecule has 1 aromatic rings. The number of hydrogen-bond donors (Lipinski definition) is 3. The Labute approximate surface area is 125 Å². The first-order valence-corrected chi connectivity index (χ1v) is 6.70.